The Kier molecular flexibility index (Phi) is 9.33. The van der Waals surface area contributed by atoms with E-state index in [1.54, 1.807) is 0 Å². The van der Waals surface area contributed by atoms with Crippen molar-refractivity contribution in [2.24, 2.45) is 5.92 Å². The molecule has 2 aromatic rings. The predicted octanol–water partition coefficient (Wildman–Crippen LogP) is 5.51. The Bertz CT molecular complexity index is 837. The van der Waals surface area contributed by atoms with E-state index < -0.39 is 0 Å². The van der Waals surface area contributed by atoms with E-state index in [-0.39, 0.29) is 23.7 Å². The lowest BCUT2D eigenvalue weighted by Crippen LogP contribution is -2.44. The second-order valence-corrected chi connectivity index (χ2v) is 9.09. The number of amides is 2. The molecule has 32 heavy (non-hydrogen) atoms. The molecule has 3 rings (SSSR count). The van der Waals surface area contributed by atoms with Gasteiger partial charge in [0.25, 0.3) is 0 Å². The molecule has 0 saturated carbocycles. The van der Waals surface area contributed by atoms with E-state index >= 15 is 0 Å². The van der Waals surface area contributed by atoms with Crippen molar-refractivity contribution in [2.75, 3.05) is 19.6 Å². The van der Waals surface area contributed by atoms with Crippen LogP contribution in [0.25, 0.3) is 0 Å². The van der Waals surface area contributed by atoms with Gasteiger partial charge in [0.2, 0.25) is 11.8 Å². The first-order valence-electron chi connectivity index (χ1n) is 12.2. The summed E-state index contributed by atoms with van der Waals surface area (Å²) < 4.78 is 0. The number of likely N-dealkylation sites (tertiary alicyclic amines) is 1. The minimum atomic E-state index is 0.110. The van der Waals surface area contributed by atoms with E-state index in [1.807, 2.05) is 41.3 Å². The molecule has 1 aliphatic rings. The van der Waals surface area contributed by atoms with Gasteiger partial charge >= 0.3 is 0 Å². The summed E-state index contributed by atoms with van der Waals surface area (Å²) in [5.41, 5.74) is 2.47. The normalized spacial score (nSPS) is 18.1. The van der Waals surface area contributed by atoms with E-state index in [1.165, 1.54) is 11.1 Å². The average Bonchev–Trinajstić information content (AvgIpc) is 2.85. The third-order valence-corrected chi connectivity index (χ3v) is 6.84. The molecule has 2 aromatic carbocycles. The molecule has 4 nitrogen and oxygen atoms in total. The summed E-state index contributed by atoms with van der Waals surface area (Å²) in [4.78, 5) is 27.6. The number of nitrogens with zero attached hydrogens (tertiary/aromatic N) is 1. The van der Waals surface area contributed by atoms with Crippen LogP contribution in [0.1, 0.15) is 75.3 Å². The van der Waals surface area contributed by atoms with Crippen LogP contribution in [-0.4, -0.2) is 36.3 Å². The van der Waals surface area contributed by atoms with Gasteiger partial charge in [-0.3, -0.25) is 9.59 Å². The Labute approximate surface area is 193 Å². The van der Waals surface area contributed by atoms with Gasteiger partial charge < -0.3 is 10.2 Å². The van der Waals surface area contributed by atoms with Crippen LogP contribution in [0.3, 0.4) is 0 Å². The third-order valence-electron chi connectivity index (χ3n) is 6.84. The van der Waals surface area contributed by atoms with Crippen LogP contribution in [0, 0.1) is 5.92 Å². The van der Waals surface area contributed by atoms with Gasteiger partial charge in [0, 0.05) is 32.5 Å². The molecule has 1 aliphatic heterocycles. The molecule has 172 valence electrons. The van der Waals surface area contributed by atoms with Crippen LogP contribution in [0.2, 0.25) is 0 Å². The number of rotatable bonds is 10. The van der Waals surface area contributed by atoms with Gasteiger partial charge in [-0.2, -0.15) is 0 Å². The molecule has 2 amide bonds. The van der Waals surface area contributed by atoms with Gasteiger partial charge in [-0.25, -0.2) is 0 Å². The van der Waals surface area contributed by atoms with Crippen LogP contribution in [0.4, 0.5) is 0 Å². The maximum absolute atomic E-state index is 13.0. The molecule has 1 saturated heterocycles. The van der Waals surface area contributed by atoms with Crippen LogP contribution in [0.5, 0.6) is 0 Å². The first kappa shape index (κ1) is 24.0. The summed E-state index contributed by atoms with van der Waals surface area (Å²) in [6, 6.07) is 20.6. The van der Waals surface area contributed by atoms with Gasteiger partial charge in [-0.1, -0.05) is 74.5 Å². The van der Waals surface area contributed by atoms with Crippen molar-refractivity contribution in [3.8, 4) is 0 Å². The van der Waals surface area contributed by atoms with E-state index in [9.17, 15) is 9.59 Å². The summed E-state index contributed by atoms with van der Waals surface area (Å²) in [7, 11) is 0. The second-order valence-electron chi connectivity index (χ2n) is 9.09. The molecule has 0 unspecified atom stereocenters. The fourth-order valence-electron chi connectivity index (χ4n) is 4.80. The van der Waals surface area contributed by atoms with E-state index in [0.29, 0.717) is 25.3 Å². The molecule has 0 aromatic heterocycles. The maximum atomic E-state index is 13.0. The fraction of sp³-hybridized carbons (Fsp3) is 0.500. The average molecular weight is 435 g/mol. The predicted molar refractivity (Wildman–Crippen MR) is 130 cm³/mol. The number of hydrogen-bond acceptors (Lipinski definition) is 2. The second kappa shape index (κ2) is 12.4. The van der Waals surface area contributed by atoms with E-state index in [2.05, 4.69) is 43.4 Å². The number of piperidine rings is 1. The Balaban J connectivity index is 1.47. The summed E-state index contributed by atoms with van der Waals surface area (Å²) in [5.74, 6) is 1.22. The number of benzene rings is 2. The van der Waals surface area contributed by atoms with Crippen LogP contribution >= 0.6 is 0 Å². The van der Waals surface area contributed by atoms with Crippen molar-refractivity contribution in [3.63, 3.8) is 0 Å². The molecular formula is C28H38N2O2. The zero-order valence-corrected chi connectivity index (χ0v) is 19.6. The van der Waals surface area contributed by atoms with Crippen molar-refractivity contribution in [3.05, 3.63) is 71.8 Å². The first-order valence-corrected chi connectivity index (χ1v) is 12.2. The molecule has 0 spiro atoms. The monoisotopic (exact) mass is 434 g/mol. The minimum Gasteiger partial charge on any atom is -0.356 e. The molecule has 0 radical (unpaired) electrons. The Morgan fingerprint density at radius 1 is 0.906 bits per heavy atom. The van der Waals surface area contributed by atoms with E-state index in [0.717, 1.165) is 38.8 Å². The number of carbonyl (C=O) groups is 2. The Morgan fingerprint density at radius 3 is 2.03 bits per heavy atom. The highest BCUT2D eigenvalue weighted by Crippen LogP contribution is 2.26. The molecule has 0 bridgehead atoms. The highest BCUT2D eigenvalue weighted by Gasteiger charge is 2.26. The van der Waals surface area contributed by atoms with Crippen molar-refractivity contribution >= 4 is 11.8 Å². The van der Waals surface area contributed by atoms with Crippen molar-refractivity contribution in [2.45, 2.75) is 64.2 Å². The van der Waals surface area contributed by atoms with Gasteiger partial charge in [-0.05, 0) is 54.6 Å². The smallest absolute Gasteiger partial charge is 0.223 e. The SMILES string of the molecule is CC[C@H](CC(=O)NC[C@@H]1CCCN(C(=O)C[C@H](CC)c2ccccc2)C1)c1ccccc1. The lowest BCUT2D eigenvalue weighted by Gasteiger charge is -2.34. The summed E-state index contributed by atoms with van der Waals surface area (Å²) in [6.07, 6.45) is 5.07. The zero-order chi connectivity index (χ0) is 22.8. The van der Waals surface area contributed by atoms with Crippen molar-refractivity contribution < 1.29 is 9.59 Å². The first-order chi connectivity index (χ1) is 15.6. The lowest BCUT2D eigenvalue weighted by atomic mass is 9.91. The Morgan fingerprint density at radius 2 is 1.47 bits per heavy atom. The third kappa shape index (κ3) is 6.94. The molecule has 3 atom stereocenters. The van der Waals surface area contributed by atoms with Gasteiger partial charge in [0.05, 0.1) is 0 Å². The van der Waals surface area contributed by atoms with Crippen LogP contribution < -0.4 is 5.32 Å². The van der Waals surface area contributed by atoms with Gasteiger partial charge in [0.1, 0.15) is 0 Å². The van der Waals surface area contributed by atoms with Crippen LogP contribution in [0.15, 0.2) is 60.7 Å². The van der Waals surface area contributed by atoms with Gasteiger partial charge in [-0.15, -0.1) is 0 Å². The minimum absolute atomic E-state index is 0.110. The number of carbonyl (C=O) groups excluding carboxylic acids is 2. The summed E-state index contributed by atoms with van der Waals surface area (Å²) in [6.45, 7) is 6.53. The summed E-state index contributed by atoms with van der Waals surface area (Å²) >= 11 is 0. The quantitative estimate of drug-likeness (QED) is 0.536. The standard InChI is InChI=1S/C28H38N2O2/c1-3-23(25-13-7-5-8-14-25)18-27(31)29-20-22-12-11-17-30(21-22)28(32)19-24(4-2)26-15-9-6-10-16-26/h5-10,13-16,22-24H,3-4,11-12,17-21H2,1-2H3,(H,29,31)/t22-,23+,24-/m0/s1. The molecule has 4 heteroatoms. The zero-order valence-electron chi connectivity index (χ0n) is 19.6. The number of nitrogens with one attached hydrogen (secondary N) is 1. The highest BCUT2D eigenvalue weighted by atomic mass is 16.2. The highest BCUT2D eigenvalue weighted by molar-refractivity contribution is 5.78. The Hall–Kier alpha value is -2.62. The van der Waals surface area contributed by atoms with Crippen molar-refractivity contribution in [1.82, 2.24) is 10.2 Å². The van der Waals surface area contributed by atoms with Crippen LogP contribution in [-0.2, 0) is 9.59 Å². The largest absolute Gasteiger partial charge is 0.356 e. The van der Waals surface area contributed by atoms with E-state index in [4.69, 9.17) is 0 Å². The lowest BCUT2D eigenvalue weighted by molar-refractivity contribution is -0.133. The number of hydrogen-bond donors (Lipinski definition) is 1. The molecule has 0 aliphatic carbocycles. The molecular weight excluding hydrogens is 396 g/mol. The van der Waals surface area contributed by atoms with Gasteiger partial charge in [0.15, 0.2) is 0 Å². The maximum Gasteiger partial charge on any atom is 0.223 e. The van der Waals surface area contributed by atoms with Crippen molar-refractivity contribution in [1.29, 1.82) is 0 Å². The molecule has 1 N–H and O–H groups in total. The molecule has 1 heterocycles. The molecule has 1 fully saturated rings. The topological polar surface area (TPSA) is 49.4 Å². The fourth-order valence-corrected chi connectivity index (χ4v) is 4.80. The summed E-state index contributed by atoms with van der Waals surface area (Å²) in [5, 5.41) is 3.15.